The van der Waals surface area contributed by atoms with Gasteiger partial charge in [0, 0.05) is 31.7 Å². The largest absolute Gasteiger partial charge is 0.311 e. The normalized spacial score (nSPS) is 33.8. The molecule has 0 saturated carbocycles. The summed E-state index contributed by atoms with van der Waals surface area (Å²) in [5, 5.41) is 3.65. The summed E-state index contributed by atoms with van der Waals surface area (Å²) in [5.41, 5.74) is 0.525. The van der Waals surface area contributed by atoms with Crippen molar-refractivity contribution in [2.24, 2.45) is 11.3 Å². The second-order valence-electron chi connectivity index (χ2n) is 7.66. The van der Waals surface area contributed by atoms with E-state index in [1.165, 1.54) is 39.0 Å². The van der Waals surface area contributed by atoms with Gasteiger partial charge in [0.2, 0.25) is 0 Å². The van der Waals surface area contributed by atoms with Crippen LogP contribution in [0.5, 0.6) is 0 Å². The molecule has 2 atom stereocenters. The van der Waals surface area contributed by atoms with Gasteiger partial charge >= 0.3 is 0 Å². The van der Waals surface area contributed by atoms with Crippen LogP contribution in [-0.2, 0) is 0 Å². The fourth-order valence-corrected chi connectivity index (χ4v) is 3.65. The molecule has 3 heteroatoms. The molecule has 2 rings (SSSR count). The molecule has 19 heavy (non-hydrogen) atoms. The first-order valence-corrected chi connectivity index (χ1v) is 8.06. The predicted octanol–water partition coefficient (Wildman–Crippen LogP) is 2.04. The van der Waals surface area contributed by atoms with Crippen molar-refractivity contribution in [3.05, 3.63) is 0 Å². The number of likely N-dealkylation sites (tertiary alicyclic amines) is 1. The molecule has 0 aliphatic carbocycles. The molecule has 0 spiro atoms. The summed E-state index contributed by atoms with van der Waals surface area (Å²) in [6, 6.07) is 1.36. The number of piperazine rings is 1. The van der Waals surface area contributed by atoms with E-state index in [9.17, 15) is 0 Å². The zero-order valence-electron chi connectivity index (χ0n) is 13.6. The lowest BCUT2D eigenvalue weighted by Crippen LogP contribution is -2.59. The van der Waals surface area contributed by atoms with Crippen LogP contribution < -0.4 is 5.32 Å². The molecule has 1 N–H and O–H groups in total. The summed E-state index contributed by atoms with van der Waals surface area (Å²) in [7, 11) is 2.25. The van der Waals surface area contributed by atoms with Gasteiger partial charge < -0.3 is 10.2 Å². The van der Waals surface area contributed by atoms with Crippen molar-refractivity contribution in [3.63, 3.8) is 0 Å². The summed E-state index contributed by atoms with van der Waals surface area (Å²) < 4.78 is 0. The second kappa shape index (κ2) is 6.11. The van der Waals surface area contributed by atoms with Gasteiger partial charge in [-0.05, 0) is 51.2 Å². The van der Waals surface area contributed by atoms with E-state index in [1.807, 2.05) is 0 Å². The SMILES string of the molecule is CC1CN(CC2(C)CCN(C)CC2)C(C(C)C)CN1. The molecular weight excluding hydrogens is 234 g/mol. The van der Waals surface area contributed by atoms with E-state index in [0.717, 1.165) is 12.5 Å². The summed E-state index contributed by atoms with van der Waals surface area (Å²) in [6.07, 6.45) is 2.71. The average Bonchev–Trinajstić information content (AvgIpc) is 2.33. The van der Waals surface area contributed by atoms with Gasteiger partial charge in [0.15, 0.2) is 0 Å². The van der Waals surface area contributed by atoms with Crippen molar-refractivity contribution in [1.29, 1.82) is 0 Å². The van der Waals surface area contributed by atoms with Gasteiger partial charge in [-0.2, -0.15) is 0 Å². The molecule has 2 aliphatic heterocycles. The highest BCUT2D eigenvalue weighted by Gasteiger charge is 2.35. The molecule has 0 amide bonds. The molecule has 0 radical (unpaired) electrons. The van der Waals surface area contributed by atoms with Crippen LogP contribution >= 0.6 is 0 Å². The third-order valence-electron chi connectivity index (χ3n) is 5.20. The molecule has 2 saturated heterocycles. The van der Waals surface area contributed by atoms with Gasteiger partial charge in [-0.15, -0.1) is 0 Å². The van der Waals surface area contributed by atoms with E-state index >= 15 is 0 Å². The second-order valence-corrected chi connectivity index (χ2v) is 7.66. The van der Waals surface area contributed by atoms with Crippen LogP contribution in [0.2, 0.25) is 0 Å². The maximum absolute atomic E-state index is 3.65. The van der Waals surface area contributed by atoms with Gasteiger partial charge in [-0.1, -0.05) is 20.8 Å². The molecule has 2 unspecified atom stereocenters. The number of nitrogens with one attached hydrogen (secondary N) is 1. The van der Waals surface area contributed by atoms with Crippen molar-refractivity contribution < 1.29 is 0 Å². The Labute approximate surface area is 119 Å². The molecule has 0 aromatic rings. The molecule has 2 fully saturated rings. The minimum Gasteiger partial charge on any atom is -0.311 e. The van der Waals surface area contributed by atoms with Gasteiger partial charge in [0.05, 0.1) is 0 Å². The zero-order chi connectivity index (χ0) is 14.0. The molecular formula is C16H33N3. The first-order chi connectivity index (χ1) is 8.89. The third kappa shape index (κ3) is 3.93. The Hall–Kier alpha value is -0.120. The Kier molecular flexibility index (Phi) is 4.91. The van der Waals surface area contributed by atoms with Crippen LogP contribution in [0.15, 0.2) is 0 Å². The maximum Gasteiger partial charge on any atom is 0.0244 e. The fourth-order valence-electron chi connectivity index (χ4n) is 3.65. The zero-order valence-corrected chi connectivity index (χ0v) is 13.6. The van der Waals surface area contributed by atoms with Crippen molar-refractivity contribution in [2.45, 2.75) is 52.6 Å². The number of piperidine rings is 1. The minimum absolute atomic E-state index is 0.525. The number of hydrogen-bond donors (Lipinski definition) is 1. The Balaban J connectivity index is 1.98. The van der Waals surface area contributed by atoms with Gasteiger partial charge in [-0.25, -0.2) is 0 Å². The van der Waals surface area contributed by atoms with Crippen LogP contribution in [0.3, 0.4) is 0 Å². The van der Waals surface area contributed by atoms with E-state index < -0.39 is 0 Å². The highest BCUT2D eigenvalue weighted by Crippen LogP contribution is 2.33. The minimum atomic E-state index is 0.525. The third-order valence-corrected chi connectivity index (χ3v) is 5.20. The summed E-state index contributed by atoms with van der Waals surface area (Å²) >= 11 is 0. The molecule has 0 aromatic carbocycles. The van der Waals surface area contributed by atoms with E-state index in [2.05, 4.69) is 49.9 Å². The summed E-state index contributed by atoms with van der Waals surface area (Å²) in [6.45, 7) is 15.8. The summed E-state index contributed by atoms with van der Waals surface area (Å²) in [4.78, 5) is 5.25. The van der Waals surface area contributed by atoms with Crippen LogP contribution in [-0.4, -0.2) is 61.7 Å². The summed E-state index contributed by atoms with van der Waals surface area (Å²) in [5.74, 6) is 0.745. The van der Waals surface area contributed by atoms with Gasteiger partial charge in [0.1, 0.15) is 0 Å². The van der Waals surface area contributed by atoms with E-state index in [4.69, 9.17) is 0 Å². The van der Waals surface area contributed by atoms with Crippen molar-refractivity contribution >= 4 is 0 Å². The highest BCUT2D eigenvalue weighted by molar-refractivity contribution is 4.91. The van der Waals surface area contributed by atoms with Crippen LogP contribution in [0.25, 0.3) is 0 Å². The molecule has 112 valence electrons. The lowest BCUT2D eigenvalue weighted by atomic mass is 9.79. The van der Waals surface area contributed by atoms with Crippen LogP contribution in [0.4, 0.5) is 0 Å². The lowest BCUT2D eigenvalue weighted by Gasteiger charge is -2.47. The van der Waals surface area contributed by atoms with Crippen molar-refractivity contribution in [3.8, 4) is 0 Å². The molecule has 2 aliphatic rings. The Morgan fingerprint density at radius 1 is 1.26 bits per heavy atom. The van der Waals surface area contributed by atoms with E-state index in [0.29, 0.717) is 17.5 Å². The monoisotopic (exact) mass is 267 g/mol. The molecule has 3 nitrogen and oxygen atoms in total. The highest BCUT2D eigenvalue weighted by atomic mass is 15.2. The first-order valence-electron chi connectivity index (χ1n) is 8.06. The average molecular weight is 267 g/mol. The standard InChI is InChI=1S/C16H33N3/c1-13(2)15-10-17-14(3)11-19(15)12-16(4)6-8-18(5)9-7-16/h13-15,17H,6-12H2,1-5H3. The Morgan fingerprint density at radius 2 is 1.89 bits per heavy atom. The number of rotatable bonds is 3. The first kappa shape index (κ1) is 15.3. The Morgan fingerprint density at radius 3 is 2.47 bits per heavy atom. The molecule has 0 bridgehead atoms. The number of hydrogen-bond acceptors (Lipinski definition) is 3. The smallest absolute Gasteiger partial charge is 0.0244 e. The van der Waals surface area contributed by atoms with Gasteiger partial charge in [-0.3, -0.25) is 4.90 Å². The van der Waals surface area contributed by atoms with E-state index in [-0.39, 0.29) is 0 Å². The topological polar surface area (TPSA) is 18.5 Å². The van der Waals surface area contributed by atoms with Crippen molar-refractivity contribution in [2.75, 3.05) is 39.8 Å². The Bertz CT molecular complexity index is 282. The van der Waals surface area contributed by atoms with Gasteiger partial charge in [0.25, 0.3) is 0 Å². The quantitative estimate of drug-likeness (QED) is 0.844. The lowest BCUT2D eigenvalue weighted by molar-refractivity contribution is 0.0298. The predicted molar refractivity (Wildman–Crippen MR) is 82.5 cm³/mol. The molecule has 2 heterocycles. The molecule has 0 aromatic heterocycles. The number of nitrogens with zero attached hydrogens (tertiary/aromatic N) is 2. The van der Waals surface area contributed by atoms with Crippen LogP contribution in [0.1, 0.15) is 40.5 Å². The van der Waals surface area contributed by atoms with Crippen molar-refractivity contribution in [1.82, 2.24) is 15.1 Å². The fraction of sp³-hybridized carbons (Fsp3) is 1.00. The van der Waals surface area contributed by atoms with Crippen LogP contribution in [0, 0.1) is 11.3 Å². The maximum atomic E-state index is 3.65. The van der Waals surface area contributed by atoms with E-state index in [1.54, 1.807) is 0 Å².